The first-order valence-electron chi connectivity index (χ1n) is 8.97. The Balaban J connectivity index is 2.21. The number of nitrogens with zero attached hydrogens (tertiary/aromatic N) is 1. The lowest BCUT2D eigenvalue weighted by Crippen LogP contribution is -2.46. The predicted octanol–water partition coefficient (Wildman–Crippen LogP) is 2.54. The third-order valence-corrected chi connectivity index (χ3v) is 4.72. The molecule has 2 N–H and O–H groups in total. The van der Waals surface area contributed by atoms with E-state index in [0.717, 1.165) is 29.7 Å². The highest BCUT2D eigenvalue weighted by Gasteiger charge is 2.52. The summed E-state index contributed by atoms with van der Waals surface area (Å²) in [5.41, 5.74) is -0.333. The minimum atomic E-state index is -1.08. The molecule has 0 spiro atoms. The van der Waals surface area contributed by atoms with Crippen molar-refractivity contribution in [3.05, 3.63) is 35.9 Å². The van der Waals surface area contributed by atoms with Crippen molar-refractivity contribution in [3.8, 4) is 0 Å². The maximum Gasteiger partial charge on any atom is 0.325 e. The van der Waals surface area contributed by atoms with E-state index in [9.17, 15) is 14.4 Å². The van der Waals surface area contributed by atoms with E-state index in [-0.39, 0.29) is 24.4 Å². The molecule has 0 radical (unpaired) electrons. The standard InChI is InChI=1S/C19H27N3O3/c1-4-12-19(14-10-8-7-9-11-14)17(24)22(18(25)21-19)13-16(23)20-15(5-2)6-3/h7-11,15H,4-6,12-13H2,1-3H3,(H,20,23)(H,21,25)/t19-/m0/s1. The summed E-state index contributed by atoms with van der Waals surface area (Å²) in [5.74, 6) is -0.664. The zero-order chi connectivity index (χ0) is 18.4. The number of imide groups is 1. The molecule has 1 saturated heterocycles. The number of amides is 4. The van der Waals surface area contributed by atoms with Crippen LogP contribution in [0.25, 0.3) is 0 Å². The highest BCUT2D eigenvalue weighted by Crippen LogP contribution is 2.33. The molecule has 1 atom stereocenters. The SMILES string of the molecule is CCC[C@@]1(c2ccccc2)NC(=O)N(CC(=O)NC(CC)CC)C1=O. The van der Waals surface area contributed by atoms with Crippen LogP contribution < -0.4 is 10.6 Å². The van der Waals surface area contributed by atoms with E-state index < -0.39 is 11.6 Å². The topological polar surface area (TPSA) is 78.5 Å². The van der Waals surface area contributed by atoms with E-state index >= 15 is 0 Å². The van der Waals surface area contributed by atoms with Gasteiger partial charge in [-0.2, -0.15) is 0 Å². The van der Waals surface area contributed by atoms with Crippen molar-refractivity contribution >= 4 is 17.8 Å². The molecule has 0 bridgehead atoms. The van der Waals surface area contributed by atoms with Crippen LogP contribution in [0.4, 0.5) is 4.79 Å². The molecule has 6 nitrogen and oxygen atoms in total. The summed E-state index contributed by atoms with van der Waals surface area (Å²) >= 11 is 0. The molecule has 1 fully saturated rings. The summed E-state index contributed by atoms with van der Waals surface area (Å²) < 4.78 is 0. The first-order valence-corrected chi connectivity index (χ1v) is 8.97. The van der Waals surface area contributed by atoms with Gasteiger partial charge in [-0.05, 0) is 24.8 Å². The van der Waals surface area contributed by atoms with E-state index in [1.165, 1.54) is 0 Å². The Morgan fingerprint density at radius 3 is 2.36 bits per heavy atom. The fourth-order valence-corrected chi connectivity index (χ4v) is 3.29. The van der Waals surface area contributed by atoms with E-state index in [0.29, 0.717) is 6.42 Å². The van der Waals surface area contributed by atoms with Gasteiger partial charge in [-0.15, -0.1) is 0 Å². The maximum absolute atomic E-state index is 13.1. The van der Waals surface area contributed by atoms with Crippen LogP contribution >= 0.6 is 0 Å². The zero-order valence-electron chi connectivity index (χ0n) is 15.2. The molecule has 4 amide bonds. The van der Waals surface area contributed by atoms with Crippen LogP contribution in [0.1, 0.15) is 52.0 Å². The second-order valence-corrected chi connectivity index (χ2v) is 6.42. The first-order chi connectivity index (χ1) is 12.0. The molecule has 2 rings (SSSR count). The van der Waals surface area contributed by atoms with Crippen molar-refractivity contribution in [2.24, 2.45) is 0 Å². The molecule has 1 aromatic rings. The van der Waals surface area contributed by atoms with Gasteiger partial charge in [0.25, 0.3) is 5.91 Å². The molecule has 0 aliphatic carbocycles. The van der Waals surface area contributed by atoms with Gasteiger partial charge in [-0.25, -0.2) is 4.79 Å². The van der Waals surface area contributed by atoms with Crippen LogP contribution in [0.3, 0.4) is 0 Å². The molecule has 1 aliphatic heterocycles. The minimum absolute atomic E-state index is 0.0581. The van der Waals surface area contributed by atoms with Gasteiger partial charge in [-0.1, -0.05) is 57.5 Å². The van der Waals surface area contributed by atoms with Crippen molar-refractivity contribution in [2.45, 2.75) is 58.0 Å². The average molecular weight is 345 g/mol. The molecular formula is C19H27N3O3. The third-order valence-electron chi connectivity index (χ3n) is 4.72. The van der Waals surface area contributed by atoms with E-state index in [1.807, 2.05) is 51.1 Å². The van der Waals surface area contributed by atoms with Gasteiger partial charge in [0.2, 0.25) is 5.91 Å². The monoisotopic (exact) mass is 345 g/mol. The summed E-state index contributed by atoms with van der Waals surface area (Å²) in [4.78, 5) is 38.7. The summed E-state index contributed by atoms with van der Waals surface area (Å²) in [5, 5.41) is 5.70. The van der Waals surface area contributed by atoms with Gasteiger partial charge in [0.05, 0.1) is 0 Å². The average Bonchev–Trinajstić information content (AvgIpc) is 2.86. The summed E-state index contributed by atoms with van der Waals surface area (Å²) in [6.07, 6.45) is 2.85. The van der Waals surface area contributed by atoms with Crippen molar-refractivity contribution in [3.63, 3.8) is 0 Å². The van der Waals surface area contributed by atoms with Crippen LogP contribution in [0.5, 0.6) is 0 Å². The zero-order valence-corrected chi connectivity index (χ0v) is 15.2. The van der Waals surface area contributed by atoms with Crippen LogP contribution in [-0.4, -0.2) is 35.3 Å². The Bertz CT molecular complexity index is 628. The van der Waals surface area contributed by atoms with E-state index in [1.54, 1.807) is 0 Å². The normalized spacial score (nSPS) is 20.1. The minimum Gasteiger partial charge on any atom is -0.352 e. The Kier molecular flexibility index (Phi) is 6.17. The lowest BCUT2D eigenvalue weighted by Gasteiger charge is -2.27. The highest BCUT2D eigenvalue weighted by molar-refractivity contribution is 6.09. The second-order valence-electron chi connectivity index (χ2n) is 6.42. The van der Waals surface area contributed by atoms with Gasteiger partial charge in [-0.3, -0.25) is 14.5 Å². The largest absolute Gasteiger partial charge is 0.352 e. The van der Waals surface area contributed by atoms with Gasteiger partial charge < -0.3 is 10.6 Å². The molecule has 0 unspecified atom stereocenters. The van der Waals surface area contributed by atoms with Gasteiger partial charge in [0.15, 0.2) is 0 Å². The first kappa shape index (κ1) is 19.0. The van der Waals surface area contributed by atoms with Crippen LogP contribution in [0, 0.1) is 0 Å². The van der Waals surface area contributed by atoms with Gasteiger partial charge in [0, 0.05) is 6.04 Å². The van der Waals surface area contributed by atoms with E-state index in [2.05, 4.69) is 10.6 Å². The number of urea groups is 1. The number of nitrogens with one attached hydrogen (secondary N) is 2. The maximum atomic E-state index is 13.1. The van der Waals surface area contributed by atoms with Gasteiger partial charge >= 0.3 is 6.03 Å². The lowest BCUT2D eigenvalue weighted by molar-refractivity contribution is -0.135. The Hall–Kier alpha value is -2.37. The van der Waals surface area contributed by atoms with Crippen LogP contribution in [-0.2, 0) is 15.1 Å². The molecule has 0 aromatic heterocycles. The number of rotatable bonds is 8. The van der Waals surface area contributed by atoms with Crippen LogP contribution in [0.2, 0.25) is 0 Å². The van der Waals surface area contributed by atoms with Crippen LogP contribution in [0.15, 0.2) is 30.3 Å². The fourth-order valence-electron chi connectivity index (χ4n) is 3.29. The molecule has 1 aliphatic rings. The summed E-state index contributed by atoms with van der Waals surface area (Å²) in [7, 11) is 0. The number of benzene rings is 1. The molecule has 136 valence electrons. The molecule has 25 heavy (non-hydrogen) atoms. The third kappa shape index (κ3) is 3.83. The molecular weight excluding hydrogens is 318 g/mol. The van der Waals surface area contributed by atoms with Crippen molar-refractivity contribution in [1.82, 2.24) is 15.5 Å². The number of carbonyl (C=O) groups excluding carboxylic acids is 3. The summed E-state index contributed by atoms with van der Waals surface area (Å²) in [6, 6.07) is 8.77. The molecule has 1 aromatic carbocycles. The Labute approximate surface area is 149 Å². The highest BCUT2D eigenvalue weighted by atomic mass is 16.2. The molecule has 6 heteroatoms. The van der Waals surface area contributed by atoms with Crippen molar-refractivity contribution < 1.29 is 14.4 Å². The number of hydrogen-bond donors (Lipinski definition) is 2. The van der Waals surface area contributed by atoms with E-state index in [4.69, 9.17) is 0 Å². The second kappa shape index (κ2) is 8.14. The van der Waals surface area contributed by atoms with Crippen molar-refractivity contribution in [2.75, 3.05) is 6.54 Å². The van der Waals surface area contributed by atoms with Crippen molar-refractivity contribution in [1.29, 1.82) is 0 Å². The van der Waals surface area contributed by atoms with Gasteiger partial charge in [0.1, 0.15) is 12.1 Å². The number of hydrogen-bond acceptors (Lipinski definition) is 3. The fraction of sp³-hybridized carbons (Fsp3) is 0.526. The Morgan fingerprint density at radius 2 is 1.80 bits per heavy atom. The number of carbonyl (C=O) groups is 3. The smallest absolute Gasteiger partial charge is 0.325 e. The molecule has 0 saturated carbocycles. The summed E-state index contributed by atoms with van der Waals surface area (Å²) in [6.45, 7) is 5.69. The quantitative estimate of drug-likeness (QED) is 0.711. The molecule has 1 heterocycles. The Morgan fingerprint density at radius 1 is 1.16 bits per heavy atom. The lowest BCUT2D eigenvalue weighted by atomic mass is 9.85. The predicted molar refractivity (Wildman–Crippen MR) is 95.8 cm³/mol.